The molecular formula is C22H26N2O4. The van der Waals surface area contributed by atoms with Crippen LogP contribution in [-0.4, -0.2) is 23.2 Å². The molecule has 1 aliphatic carbocycles. The second-order valence-electron chi connectivity index (χ2n) is 8.31. The van der Waals surface area contributed by atoms with Gasteiger partial charge in [-0.15, -0.1) is 0 Å². The van der Waals surface area contributed by atoms with E-state index in [1.54, 1.807) is 24.8 Å². The molecule has 0 spiro atoms. The Morgan fingerprint density at radius 3 is 2.71 bits per heavy atom. The molecule has 1 aromatic heterocycles. The quantitative estimate of drug-likeness (QED) is 0.878. The summed E-state index contributed by atoms with van der Waals surface area (Å²) in [6, 6.07) is 7.40. The van der Waals surface area contributed by atoms with Gasteiger partial charge < -0.3 is 19.4 Å². The molecular weight excluding hydrogens is 356 g/mol. The number of carbonyl (C=O) groups excluding carboxylic acids is 1. The first-order valence-corrected chi connectivity index (χ1v) is 9.68. The third kappa shape index (κ3) is 3.39. The van der Waals surface area contributed by atoms with Crippen LogP contribution in [0.2, 0.25) is 0 Å². The highest BCUT2D eigenvalue weighted by molar-refractivity contribution is 5.95. The van der Waals surface area contributed by atoms with Crippen LogP contribution in [0.5, 0.6) is 11.5 Å². The molecule has 6 heteroatoms. The van der Waals surface area contributed by atoms with Crippen LogP contribution in [0.1, 0.15) is 66.7 Å². The van der Waals surface area contributed by atoms with Gasteiger partial charge in [0.1, 0.15) is 22.7 Å². The monoisotopic (exact) mass is 382 g/mol. The molecule has 28 heavy (non-hydrogen) atoms. The van der Waals surface area contributed by atoms with Crippen LogP contribution in [-0.2, 0) is 0 Å². The second kappa shape index (κ2) is 6.69. The van der Waals surface area contributed by atoms with Gasteiger partial charge in [-0.3, -0.25) is 9.59 Å². The van der Waals surface area contributed by atoms with Crippen molar-refractivity contribution < 1.29 is 14.3 Å². The summed E-state index contributed by atoms with van der Waals surface area (Å²) in [6.45, 7) is 5.79. The zero-order valence-electron chi connectivity index (χ0n) is 16.7. The molecule has 2 aromatic rings. The molecule has 1 aliphatic heterocycles. The van der Waals surface area contributed by atoms with E-state index >= 15 is 0 Å². The number of aromatic nitrogens is 1. The van der Waals surface area contributed by atoms with E-state index in [9.17, 15) is 9.59 Å². The maximum absolute atomic E-state index is 13.1. The van der Waals surface area contributed by atoms with E-state index in [0.29, 0.717) is 17.7 Å². The standard InChI is InChI=1S/C22H26N2O4/c1-13-9-10-24(14-5-6-14)21(26)19(13)20(25)23-17-12-22(2,3)28-18-8-7-15(27-4)11-16(17)18/h7-11,14,17H,5-6,12H2,1-4H3,(H,23,25). The van der Waals surface area contributed by atoms with Gasteiger partial charge in [0, 0.05) is 24.2 Å². The van der Waals surface area contributed by atoms with Gasteiger partial charge in [0.25, 0.3) is 11.5 Å². The lowest BCUT2D eigenvalue weighted by atomic mass is 9.89. The van der Waals surface area contributed by atoms with E-state index in [4.69, 9.17) is 9.47 Å². The zero-order valence-corrected chi connectivity index (χ0v) is 16.7. The first-order chi connectivity index (χ1) is 13.3. The van der Waals surface area contributed by atoms with Gasteiger partial charge in [-0.2, -0.15) is 0 Å². The molecule has 1 unspecified atom stereocenters. The van der Waals surface area contributed by atoms with Crippen LogP contribution < -0.4 is 20.3 Å². The summed E-state index contributed by atoms with van der Waals surface area (Å²) in [5.74, 6) is 1.09. The van der Waals surface area contributed by atoms with Gasteiger partial charge in [-0.05, 0) is 63.4 Å². The number of benzene rings is 1. The van der Waals surface area contributed by atoms with Crippen molar-refractivity contribution in [3.05, 3.63) is 57.5 Å². The maximum Gasteiger partial charge on any atom is 0.263 e. The average molecular weight is 382 g/mol. The Balaban J connectivity index is 1.69. The number of hydrogen-bond acceptors (Lipinski definition) is 4. The van der Waals surface area contributed by atoms with Crippen molar-refractivity contribution in [2.75, 3.05) is 7.11 Å². The zero-order chi connectivity index (χ0) is 20.1. The highest BCUT2D eigenvalue weighted by Gasteiger charge is 2.36. The summed E-state index contributed by atoms with van der Waals surface area (Å²) in [7, 11) is 1.61. The molecule has 1 fully saturated rings. The molecule has 0 bridgehead atoms. The Kier molecular flexibility index (Phi) is 4.44. The molecule has 1 N–H and O–H groups in total. The van der Waals surface area contributed by atoms with Crippen molar-refractivity contribution in [3.63, 3.8) is 0 Å². The van der Waals surface area contributed by atoms with Crippen LogP contribution in [0.15, 0.2) is 35.3 Å². The van der Waals surface area contributed by atoms with Crippen LogP contribution in [0.3, 0.4) is 0 Å². The van der Waals surface area contributed by atoms with Crippen LogP contribution in [0.4, 0.5) is 0 Å². The summed E-state index contributed by atoms with van der Waals surface area (Å²) in [6.07, 6.45) is 4.38. The third-order valence-corrected chi connectivity index (χ3v) is 5.47. The number of amides is 1. The van der Waals surface area contributed by atoms with Gasteiger partial charge in [-0.25, -0.2) is 0 Å². The lowest BCUT2D eigenvalue weighted by molar-refractivity contribution is 0.0617. The minimum absolute atomic E-state index is 0.211. The Bertz CT molecular complexity index is 989. The fraction of sp³-hybridized carbons (Fsp3) is 0.455. The number of methoxy groups -OCH3 is 1. The first-order valence-electron chi connectivity index (χ1n) is 9.68. The van der Waals surface area contributed by atoms with Crippen LogP contribution in [0.25, 0.3) is 0 Å². The highest BCUT2D eigenvalue weighted by atomic mass is 16.5. The van der Waals surface area contributed by atoms with E-state index in [2.05, 4.69) is 5.32 Å². The second-order valence-corrected chi connectivity index (χ2v) is 8.31. The van der Waals surface area contributed by atoms with Crippen molar-refractivity contribution in [2.24, 2.45) is 0 Å². The van der Waals surface area contributed by atoms with E-state index in [1.807, 2.05) is 38.1 Å². The number of nitrogens with one attached hydrogen (secondary N) is 1. The molecule has 1 saturated carbocycles. The average Bonchev–Trinajstić information content (AvgIpc) is 3.45. The Morgan fingerprint density at radius 1 is 1.29 bits per heavy atom. The minimum Gasteiger partial charge on any atom is -0.497 e. The number of ether oxygens (including phenoxy) is 2. The molecule has 6 nitrogen and oxygen atoms in total. The molecule has 4 rings (SSSR count). The van der Waals surface area contributed by atoms with Crippen molar-refractivity contribution in [3.8, 4) is 11.5 Å². The summed E-state index contributed by atoms with van der Waals surface area (Å²) in [5.41, 5.74) is 1.14. The summed E-state index contributed by atoms with van der Waals surface area (Å²) in [4.78, 5) is 26.0. The van der Waals surface area contributed by atoms with E-state index in [-0.39, 0.29) is 29.1 Å². The van der Waals surface area contributed by atoms with Gasteiger partial charge in [0.2, 0.25) is 0 Å². The predicted molar refractivity (Wildman–Crippen MR) is 106 cm³/mol. The fourth-order valence-corrected chi connectivity index (χ4v) is 3.88. The molecule has 0 saturated heterocycles. The summed E-state index contributed by atoms with van der Waals surface area (Å²) in [5, 5.41) is 3.08. The number of nitrogens with zero attached hydrogens (tertiary/aromatic N) is 1. The van der Waals surface area contributed by atoms with Crippen LogP contribution >= 0.6 is 0 Å². The number of aryl methyl sites for hydroxylation is 1. The van der Waals surface area contributed by atoms with E-state index in [1.165, 1.54) is 0 Å². The Morgan fingerprint density at radius 2 is 2.04 bits per heavy atom. The van der Waals surface area contributed by atoms with Crippen molar-refractivity contribution >= 4 is 5.91 Å². The van der Waals surface area contributed by atoms with Crippen molar-refractivity contribution in [1.82, 2.24) is 9.88 Å². The number of rotatable bonds is 4. The Hall–Kier alpha value is -2.76. The molecule has 2 aliphatic rings. The molecule has 1 amide bonds. The van der Waals surface area contributed by atoms with E-state index < -0.39 is 5.60 Å². The predicted octanol–water partition coefficient (Wildman–Crippen LogP) is 3.53. The van der Waals surface area contributed by atoms with Gasteiger partial charge in [0.15, 0.2) is 0 Å². The molecule has 1 aromatic carbocycles. The number of carbonyl (C=O) groups is 1. The lowest BCUT2D eigenvalue weighted by Gasteiger charge is -2.38. The summed E-state index contributed by atoms with van der Waals surface area (Å²) >= 11 is 0. The lowest BCUT2D eigenvalue weighted by Crippen LogP contribution is -2.43. The van der Waals surface area contributed by atoms with Gasteiger partial charge in [-0.1, -0.05) is 0 Å². The number of fused-ring (bicyclic) bond motifs is 1. The topological polar surface area (TPSA) is 69.6 Å². The smallest absolute Gasteiger partial charge is 0.263 e. The normalized spacial score (nSPS) is 20.1. The first kappa shape index (κ1) is 18.6. The summed E-state index contributed by atoms with van der Waals surface area (Å²) < 4.78 is 13.1. The minimum atomic E-state index is -0.431. The number of pyridine rings is 1. The largest absolute Gasteiger partial charge is 0.497 e. The fourth-order valence-electron chi connectivity index (χ4n) is 3.88. The van der Waals surface area contributed by atoms with Crippen molar-refractivity contribution in [2.45, 2.75) is 57.7 Å². The maximum atomic E-state index is 13.1. The van der Waals surface area contributed by atoms with Gasteiger partial charge in [0.05, 0.1) is 13.2 Å². The molecule has 0 radical (unpaired) electrons. The Labute approximate surface area is 164 Å². The van der Waals surface area contributed by atoms with Crippen LogP contribution in [0, 0.1) is 6.92 Å². The SMILES string of the molecule is COc1ccc2c(c1)C(NC(=O)c1c(C)ccn(C3CC3)c1=O)CC(C)(C)O2. The molecule has 1 atom stereocenters. The van der Waals surface area contributed by atoms with Crippen molar-refractivity contribution in [1.29, 1.82) is 0 Å². The van der Waals surface area contributed by atoms with E-state index in [0.717, 1.165) is 24.2 Å². The third-order valence-electron chi connectivity index (χ3n) is 5.47. The number of hydrogen-bond donors (Lipinski definition) is 1. The molecule has 2 heterocycles. The van der Waals surface area contributed by atoms with Gasteiger partial charge >= 0.3 is 0 Å². The molecule has 148 valence electrons. The highest BCUT2D eigenvalue weighted by Crippen LogP contribution is 2.41.